The van der Waals surface area contributed by atoms with Gasteiger partial charge in [-0.2, -0.15) is 0 Å². The maximum Gasteiger partial charge on any atom is 0.306 e. The van der Waals surface area contributed by atoms with E-state index in [-0.39, 0.29) is 12.1 Å². The van der Waals surface area contributed by atoms with E-state index in [0.717, 1.165) is 6.42 Å². The summed E-state index contributed by atoms with van der Waals surface area (Å²) in [5, 5.41) is 0. The van der Waals surface area contributed by atoms with E-state index in [2.05, 4.69) is 34.6 Å². The minimum atomic E-state index is 0.0141. The molecule has 0 aromatic rings. The van der Waals surface area contributed by atoms with Crippen LogP contribution >= 0.6 is 0 Å². The average molecular weight is 254 g/mol. The molecule has 1 aliphatic rings. The lowest BCUT2D eigenvalue weighted by Gasteiger charge is -2.34. The molecule has 0 N–H and O–H groups in total. The van der Waals surface area contributed by atoms with Crippen LogP contribution in [0.25, 0.3) is 0 Å². The summed E-state index contributed by atoms with van der Waals surface area (Å²) in [4.78, 5) is 11.9. The third-order valence-corrected chi connectivity index (χ3v) is 4.34. The first kappa shape index (κ1) is 15.5. The predicted octanol–water partition coefficient (Wildman–Crippen LogP) is 4.57. The smallest absolute Gasteiger partial charge is 0.306 e. The van der Waals surface area contributed by atoms with Gasteiger partial charge in [-0.15, -0.1) is 0 Å². The van der Waals surface area contributed by atoms with E-state index in [1.54, 1.807) is 0 Å². The molecule has 18 heavy (non-hydrogen) atoms. The van der Waals surface area contributed by atoms with Crippen LogP contribution < -0.4 is 0 Å². The van der Waals surface area contributed by atoms with E-state index in [1.165, 1.54) is 25.7 Å². The number of hydrogen-bond donors (Lipinski definition) is 0. The number of esters is 1. The van der Waals surface area contributed by atoms with Crippen molar-refractivity contribution in [3.63, 3.8) is 0 Å². The summed E-state index contributed by atoms with van der Waals surface area (Å²) < 4.78 is 5.58. The van der Waals surface area contributed by atoms with Crippen LogP contribution in [0, 0.1) is 17.3 Å². The van der Waals surface area contributed by atoms with Crippen molar-refractivity contribution in [2.45, 2.75) is 79.2 Å². The van der Waals surface area contributed by atoms with Gasteiger partial charge in [0.2, 0.25) is 0 Å². The van der Waals surface area contributed by atoms with Crippen molar-refractivity contribution in [3.8, 4) is 0 Å². The molecular formula is C16H30O2. The Hall–Kier alpha value is -0.530. The SMILES string of the molecule is CCC(OC(=O)CC1CCC(C)(C)CC1)C(C)C. The van der Waals surface area contributed by atoms with Crippen LogP contribution in [-0.2, 0) is 9.53 Å². The molecular weight excluding hydrogens is 224 g/mol. The molecule has 0 spiro atoms. The van der Waals surface area contributed by atoms with Crippen molar-refractivity contribution < 1.29 is 9.53 Å². The molecule has 0 aromatic carbocycles. The van der Waals surface area contributed by atoms with Gasteiger partial charge in [0.25, 0.3) is 0 Å². The van der Waals surface area contributed by atoms with E-state index < -0.39 is 0 Å². The van der Waals surface area contributed by atoms with Crippen molar-refractivity contribution >= 4 is 5.97 Å². The first-order chi connectivity index (χ1) is 8.34. The molecule has 0 heterocycles. The quantitative estimate of drug-likeness (QED) is 0.672. The van der Waals surface area contributed by atoms with Gasteiger partial charge >= 0.3 is 5.97 Å². The van der Waals surface area contributed by atoms with Crippen molar-refractivity contribution in [1.29, 1.82) is 0 Å². The van der Waals surface area contributed by atoms with E-state index in [9.17, 15) is 4.79 Å². The summed E-state index contributed by atoms with van der Waals surface area (Å²) in [6, 6.07) is 0. The molecule has 0 bridgehead atoms. The number of carbonyl (C=O) groups excluding carboxylic acids is 1. The van der Waals surface area contributed by atoms with Gasteiger partial charge in [0.05, 0.1) is 0 Å². The Labute approximate surface area is 112 Å². The van der Waals surface area contributed by atoms with Crippen LogP contribution in [0.1, 0.15) is 73.1 Å². The number of carbonyl (C=O) groups is 1. The summed E-state index contributed by atoms with van der Waals surface area (Å²) in [5.41, 5.74) is 0.476. The highest BCUT2D eigenvalue weighted by atomic mass is 16.5. The molecule has 0 amide bonds. The van der Waals surface area contributed by atoms with Crippen molar-refractivity contribution in [1.82, 2.24) is 0 Å². The molecule has 0 saturated heterocycles. The van der Waals surface area contributed by atoms with Crippen molar-refractivity contribution in [3.05, 3.63) is 0 Å². The summed E-state index contributed by atoms with van der Waals surface area (Å²) in [6.07, 6.45) is 6.48. The average Bonchev–Trinajstić information content (AvgIpc) is 2.28. The molecule has 0 aromatic heterocycles. The topological polar surface area (TPSA) is 26.3 Å². The molecule has 1 fully saturated rings. The zero-order valence-corrected chi connectivity index (χ0v) is 12.8. The van der Waals surface area contributed by atoms with Gasteiger partial charge in [0.15, 0.2) is 0 Å². The molecule has 2 heteroatoms. The van der Waals surface area contributed by atoms with Crippen molar-refractivity contribution in [2.75, 3.05) is 0 Å². The number of ether oxygens (including phenoxy) is 1. The van der Waals surface area contributed by atoms with Gasteiger partial charge in [-0.05, 0) is 49.4 Å². The highest BCUT2D eigenvalue weighted by Gasteiger charge is 2.28. The Morgan fingerprint density at radius 3 is 2.28 bits per heavy atom. The fourth-order valence-electron chi connectivity index (χ4n) is 2.81. The summed E-state index contributed by atoms with van der Waals surface area (Å²) in [6.45, 7) is 11.0. The monoisotopic (exact) mass is 254 g/mol. The highest BCUT2D eigenvalue weighted by molar-refractivity contribution is 5.69. The lowest BCUT2D eigenvalue weighted by molar-refractivity contribution is -0.153. The van der Waals surface area contributed by atoms with Crippen LogP contribution in [0.5, 0.6) is 0 Å². The van der Waals surface area contributed by atoms with Crippen LogP contribution in [0.3, 0.4) is 0 Å². The van der Waals surface area contributed by atoms with Gasteiger partial charge in [-0.3, -0.25) is 4.79 Å². The second-order valence-corrected chi connectivity index (χ2v) is 6.99. The molecule has 1 saturated carbocycles. The minimum Gasteiger partial charge on any atom is -0.462 e. The maximum absolute atomic E-state index is 11.9. The van der Waals surface area contributed by atoms with E-state index in [4.69, 9.17) is 4.74 Å². The van der Waals surface area contributed by atoms with Gasteiger partial charge in [0, 0.05) is 6.42 Å². The van der Waals surface area contributed by atoms with Gasteiger partial charge in [0.1, 0.15) is 6.10 Å². The standard InChI is InChI=1S/C16H30O2/c1-6-14(12(2)3)18-15(17)11-13-7-9-16(4,5)10-8-13/h12-14H,6-11H2,1-5H3. The van der Waals surface area contributed by atoms with Gasteiger partial charge in [-0.1, -0.05) is 34.6 Å². The lowest BCUT2D eigenvalue weighted by atomic mass is 9.72. The summed E-state index contributed by atoms with van der Waals surface area (Å²) in [7, 11) is 0. The predicted molar refractivity (Wildman–Crippen MR) is 75.4 cm³/mol. The summed E-state index contributed by atoms with van der Waals surface area (Å²) in [5.74, 6) is 0.986. The Balaban J connectivity index is 2.33. The fraction of sp³-hybridized carbons (Fsp3) is 0.938. The third-order valence-electron chi connectivity index (χ3n) is 4.34. The van der Waals surface area contributed by atoms with E-state index in [0.29, 0.717) is 23.7 Å². The molecule has 1 atom stereocenters. The van der Waals surface area contributed by atoms with E-state index in [1.807, 2.05) is 0 Å². The van der Waals surface area contributed by atoms with Crippen LogP contribution in [0.2, 0.25) is 0 Å². The Kier molecular flexibility index (Phi) is 5.68. The number of hydrogen-bond acceptors (Lipinski definition) is 2. The number of rotatable bonds is 5. The minimum absolute atomic E-state index is 0.0141. The molecule has 106 valence electrons. The molecule has 1 aliphatic carbocycles. The largest absolute Gasteiger partial charge is 0.462 e. The normalized spacial score (nSPS) is 21.9. The fourth-order valence-corrected chi connectivity index (χ4v) is 2.81. The molecule has 1 rings (SSSR count). The molecule has 0 radical (unpaired) electrons. The molecule has 0 aliphatic heterocycles. The second kappa shape index (κ2) is 6.58. The van der Waals surface area contributed by atoms with E-state index >= 15 is 0 Å². The highest BCUT2D eigenvalue weighted by Crippen LogP contribution is 2.39. The molecule has 1 unspecified atom stereocenters. The Bertz CT molecular complexity index is 258. The first-order valence-corrected chi connectivity index (χ1v) is 7.53. The molecule has 2 nitrogen and oxygen atoms in total. The van der Waals surface area contributed by atoms with Crippen LogP contribution in [0.15, 0.2) is 0 Å². The Morgan fingerprint density at radius 2 is 1.83 bits per heavy atom. The van der Waals surface area contributed by atoms with Crippen LogP contribution in [0.4, 0.5) is 0 Å². The van der Waals surface area contributed by atoms with Crippen molar-refractivity contribution in [2.24, 2.45) is 17.3 Å². The van der Waals surface area contributed by atoms with Gasteiger partial charge in [-0.25, -0.2) is 0 Å². The Morgan fingerprint density at radius 1 is 1.28 bits per heavy atom. The van der Waals surface area contributed by atoms with Gasteiger partial charge < -0.3 is 4.74 Å². The lowest BCUT2D eigenvalue weighted by Crippen LogP contribution is -2.27. The first-order valence-electron chi connectivity index (χ1n) is 7.53. The van der Waals surface area contributed by atoms with Crippen LogP contribution in [-0.4, -0.2) is 12.1 Å². The zero-order valence-electron chi connectivity index (χ0n) is 12.8. The second-order valence-electron chi connectivity index (χ2n) is 6.99. The maximum atomic E-state index is 11.9. The zero-order chi connectivity index (χ0) is 13.8. The summed E-state index contributed by atoms with van der Waals surface area (Å²) >= 11 is 0. The third kappa shape index (κ3) is 4.99.